The van der Waals surface area contributed by atoms with Crippen LogP contribution in [0.1, 0.15) is 50.4 Å². The summed E-state index contributed by atoms with van der Waals surface area (Å²) in [6, 6.07) is 5.10. The molecule has 0 spiro atoms. The third-order valence-corrected chi connectivity index (χ3v) is 5.18. The molecule has 2 heterocycles. The van der Waals surface area contributed by atoms with Crippen molar-refractivity contribution in [2.45, 2.75) is 51.6 Å². The van der Waals surface area contributed by atoms with E-state index in [9.17, 15) is 0 Å². The fourth-order valence-corrected chi connectivity index (χ4v) is 3.96. The highest BCUT2D eigenvalue weighted by Crippen LogP contribution is 2.33. The Kier molecular flexibility index (Phi) is 5.22. The summed E-state index contributed by atoms with van der Waals surface area (Å²) in [6.07, 6.45) is 5.08. The molecule has 3 heteroatoms. The molecule has 0 bridgehead atoms. The molecule has 0 radical (unpaired) electrons. The van der Waals surface area contributed by atoms with E-state index in [1.807, 2.05) is 11.3 Å². The number of hydrogen-bond acceptors (Lipinski definition) is 3. The highest BCUT2D eigenvalue weighted by atomic mass is 32.1. The Balaban J connectivity index is 2.13. The van der Waals surface area contributed by atoms with E-state index < -0.39 is 0 Å². The zero-order valence-corrected chi connectivity index (χ0v) is 12.5. The van der Waals surface area contributed by atoms with Gasteiger partial charge in [0, 0.05) is 17.5 Å². The van der Waals surface area contributed by atoms with Crippen molar-refractivity contribution in [1.29, 1.82) is 0 Å². The molecule has 3 atom stereocenters. The van der Waals surface area contributed by atoms with E-state index in [1.54, 1.807) is 0 Å². The molecule has 2 nitrogen and oxygen atoms in total. The van der Waals surface area contributed by atoms with Crippen molar-refractivity contribution in [3.8, 4) is 0 Å². The Morgan fingerprint density at radius 1 is 1.50 bits per heavy atom. The highest BCUT2D eigenvalue weighted by molar-refractivity contribution is 7.10. The van der Waals surface area contributed by atoms with Gasteiger partial charge >= 0.3 is 0 Å². The summed E-state index contributed by atoms with van der Waals surface area (Å²) in [5.41, 5.74) is 6.39. The minimum atomic E-state index is 0.263. The number of nitrogens with zero attached hydrogens (tertiary/aromatic N) is 1. The van der Waals surface area contributed by atoms with Crippen molar-refractivity contribution in [1.82, 2.24) is 4.90 Å². The van der Waals surface area contributed by atoms with Crippen LogP contribution < -0.4 is 5.73 Å². The first-order chi connectivity index (χ1) is 8.76. The first-order valence-electron chi connectivity index (χ1n) is 7.29. The maximum Gasteiger partial charge on any atom is 0.0593 e. The van der Waals surface area contributed by atoms with Crippen molar-refractivity contribution in [2.75, 3.05) is 13.1 Å². The van der Waals surface area contributed by atoms with E-state index in [0.29, 0.717) is 6.04 Å². The van der Waals surface area contributed by atoms with Crippen LogP contribution in [0.4, 0.5) is 0 Å². The van der Waals surface area contributed by atoms with Crippen molar-refractivity contribution in [3.63, 3.8) is 0 Å². The molecule has 1 aromatic heterocycles. The SMILES string of the molecule is CCC1CCCN(C(c2cccs2)C(N)CC)C1. The lowest BCUT2D eigenvalue weighted by atomic mass is 9.92. The number of nitrogens with two attached hydrogens (primary N) is 1. The quantitative estimate of drug-likeness (QED) is 0.881. The van der Waals surface area contributed by atoms with Gasteiger partial charge in [-0.25, -0.2) is 0 Å². The van der Waals surface area contributed by atoms with E-state index >= 15 is 0 Å². The lowest BCUT2D eigenvalue weighted by molar-refractivity contribution is 0.106. The van der Waals surface area contributed by atoms with Gasteiger partial charge in [0.1, 0.15) is 0 Å². The van der Waals surface area contributed by atoms with Crippen molar-refractivity contribution < 1.29 is 0 Å². The fourth-order valence-electron chi connectivity index (χ4n) is 3.03. The Morgan fingerprint density at radius 3 is 2.94 bits per heavy atom. The smallest absolute Gasteiger partial charge is 0.0593 e. The standard InChI is InChI=1S/C15H26N2S/c1-3-12-7-5-9-17(11-12)15(13(16)4-2)14-8-6-10-18-14/h6,8,10,12-13,15H,3-5,7,9,11,16H2,1-2H3. The van der Waals surface area contributed by atoms with E-state index in [0.717, 1.165) is 12.3 Å². The molecule has 0 aliphatic carbocycles. The van der Waals surface area contributed by atoms with Gasteiger partial charge in [0.2, 0.25) is 0 Å². The van der Waals surface area contributed by atoms with Crippen LogP contribution >= 0.6 is 11.3 Å². The van der Waals surface area contributed by atoms with Crippen LogP contribution in [-0.2, 0) is 0 Å². The average molecular weight is 266 g/mol. The molecule has 0 saturated carbocycles. The predicted molar refractivity (Wildman–Crippen MR) is 79.9 cm³/mol. The second kappa shape index (κ2) is 6.69. The van der Waals surface area contributed by atoms with Crippen molar-refractivity contribution in [2.24, 2.45) is 11.7 Å². The van der Waals surface area contributed by atoms with Crippen LogP contribution in [0.25, 0.3) is 0 Å². The zero-order valence-electron chi connectivity index (χ0n) is 11.6. The van der Waals surface area contributed by atoms with Crippen molar-refractivity contribution in [3.05, 3.63) is 22.4 Å². The second-order valence-electron chi connectivity index (χ2n) is 5.44. The summed E-state index contributed by atoms with van der Waals surface area (Å²) in [4.78, 5) is 4.08. The van der Waals surface area contributed by atoms with Gasteiger partial charge in [0.15, 0.2) is 0 Å². The number of likely N-dealkylation sites (tertiary alicyclic amines) is 1. The Labute approximate surface area is 115 Å². The maximum absolute atomic E-state index is 6.39. The van der Waals surface area contributed by atoms with E-state index in [1.165, 1.54) is 37.2 Å². The first-order valence-corrected chi connectivity index (χ1v) is 8.17. The molecule has 0 amide bonds. The monoisotopic (exact) mass is 266 g/mol. The Morgan fingerprint density at radius 2 is 2.33 bits per heavy atom. The third kappa shape index (κ3) is 3.14. The average Bonchev–Trinajstić information content (AvgIpc) is 2.93. The summed E-state index contributed by atoms with van der Waals surface area (Å²) in [7, 11) is 0. The molecule has 18 heavy (non-hydrogen) atoms. The molecular formula is C15H26N2S. The molecule has 1 aromatic rings. The zero-order chi connectivity index (χ0) is 13.0. The van der Waals surface area contributed by atoms with Gasteiger partial charge in [-0.15, -0.1) is 11.3 Å². The van der Waals surface area contributed by atoms with E-state index in [2.05, 4.69) is 36.3 Å². The molecule has 3 unspecified atom stereocenters. The molecular weight excluding hydrogens is 240 g/mol. The Hall–Kier alpha value is -0.380. The van der Waals surface area contributed by atoms with Gasteiger partial charge in [-0.1, -0.05) is 26.3 Å². The number of thiophene rings is 1. The molecule has 2 N–H and O–H groups in total. The van der Waals surface area contributed by atoms with Crippen LogP contribution in [0, 0.1) is 5.92 Å². The van der Waals surface area contributed by atoms with Crippen LogP contribution in [0.3, 0.4) is 0 Å². The van der Waals surface area contributed by atoms with Gasteiger partial charge in [-0.3, -0.25) is 4.90 Å². The number of hydrogen-bond donors (Lipinski definition) is 1. The topological polar surface area (TPSA) is 29.3 Å². The second-order valence-corrected chi connectivity index (χ2v) is 6.42. The summed E-state index contributed by atoms with van der Waals surface area (Å²) in [5.74, 6) is 0.866. The summed E-state index contributed by atoms with van der Waals surface area (Å²) >= 11 is 1.86. The number of piperidine rings is 1. The molecule has 2 rings (SSSR count). The summed E-state index contributed by atoms with van der Waals surface area (Å²) < 4.78 is 0. The van der Waals surface area contributed by atoms with Gasteiger partial charge in [-0.05, 0) is 43.2 Å². The lowest BCUT2D eigenvalue weighted by Crippen LogP contribution is -2.45. The Bertz CT molecular complexity index is 336. The van der Waals surface area contributed by atoms with Crippen molar-refractivity contribution >= 4 is 11.3 Å². The minimum Gasteiger partial charge on any atom is -0.326 e. The van der Waals surface area contributed by atoms with Crippen LogP contribution in [0.5, 0.6) is 0 Å². The van der Waals surface area contributed by atoms with Crippen LogP contribution in [0.15, 0.2) is 17.5 Å². The minimum absolute atomic E-state index is 0.263. The molecule has 102 valence electrons. The third-order valence-electron chi connectivity index (χ3n) is 4.23. The molecule has 1 saturated heterocycles. The summed E-state index contributed by atoms with van der Waals surface area (Å²) in [5, 5.41) is 2.17. The predicted octanol–water partition coefficient (Wildman–Crippen LogP) is 3.65. The molecule has 1 fully saturated rings. The fraction of sp³-hybridized carbons (Fsp3) is 0.733. The van der Waals surface area contributed by atoms with Gasteiger partial charge in [-0.2, -0.15) is 0 Å². The van der Waals surface area contributed by atoms with Crippen LogP contribution in [0.2, 0.25) is 0 Å². The van der Waals surface area contributed by atoms with Gasteiger partial charge < -0.3 is 5.73 Å². The van der Waals surface area contributed by atoms with Crippen LogP contribution in [-0.4, -0.2) is 24.0 Å². The van der Waals surface area contributed by atoms with E-state index in [-0.39, 0.29) is 6.04 Å². The lowest BCUT2D eigenvalue weighted by Gasteiger charge is -2.40. The molecule has 1 aliphatic heterocycles. The number of rotatable bonds is 5. The normalized spacial score (nSPS) is 24.9. The summed E-state index contributed by atoms with van der Waals surface area (Å²) in [6.45, 7) is 6.96. The highest BCUT2D eigenvalue weighted by Gasteiger charge is 2.30. The molecule has 1 aliphatic rings. The molecule has 0 aromatic carbocycles. The largest absolute Gasteiger partial charge is 0.326 e. The maximum atomic E-state index is 6.39. The van der Waals surface area contributed by atoms with Gasteiger partial charge in [0.05, 0.1) is 6.04 Å². The first kappa shape index (κ1) is 14.0. The van der Waals surface area contributed by atoms with E-state index in [4.69, 9.17) is 5.73 Å². The van der Waals surface area contributed by atoms with Gasteiger partial charge in [0.25, 0.3) is 0 Å².